The lowest BCUT2D eigenvalue weighted by molar-refractivity contribution is 0.214. The van der Waals surface area contributed by atoms with Crippen molar-refractivity contribution in [2.45, 2.75) is 25.9 Å². The Morgan fingerprint density at radius 1 is 1.20 bits per heavy atom. The van der Waals surface area contributed by atoms with E-state index in [0.717, 1.165) is 11.3 Å². The molecule has 25 heavy (non-hydrogen) atoms. The van der Waals surface area contributed by atoms with Crippen LogP contribution in [0, 0.1) is 0 Å². The Bertz CT molecular complexity index is 655. The van der Waals surface area contributed by atoms with E-state index < -0.39 is 0 Å². The van der Waals surface area contributed by atoms with Gasteiger partial charge in [-0.2, -0.15) is 0 Å². The second-order valence-electron chi connectivity index (χ2n) is 5.40. The maximum Gasteiger partial charge on any atom is 0.315 e. The summed E-state index contributed by atoms with van der Waals surface area (Å²) in [5.74, 6) is 1.88. The highest BCUT2D eigenvalue weighted by molar-refractivity contribution is 5.74. The number of nitrogens with zero attached hydrogens (tertiary/aromatic N) is 1. The molecule has 2 amide bonds. The highest BCUT2D eigenvalue weighted by Gasteiger charge is 2.08. The SMILES string of the molecule is CCC(CO)NC(=O)NCc1ccc(Oc2ccc(OC)cc2)nc1. The number of ether oxygens (including phenoxy) is 2. The Morgan fingerprint density at radius 3 is 2.48 bits per heavy atom. The molecule has 1 atom stereocenters. The number of pyridine rings is 1. The van der Waals surface area contributed by atoms with Crippen LogP contribution >= 0.6 is 0 Å². The first-order chi connectivity index (χ1) is 12.1. The van der Waals surface area contributed by atoms with Crippen LogP contribution in [0.2, 0.25) is 0 Å². The summed E-state index contributed by atoms with van der Waals surface area (Å²) in [6, 6.07) is 10.2. The van der Waals surface area contributed by atoms with Crippen molar-refractivity contribution in [2.24, 2.45) is 0 Å². The molecular formula is C18H23N3O4. The Balaban J connectivity index is 1.83. The van der Waals surface area contributed by atoms with Gasteiger partial charge in [0.1, 0.15) is 11.5 Å². The Labute approximate surface area is 147 Å². The minimum Gasteiger partial charge on any atom is -0.497 e. The van der Waals surface area contributed by atoms with E-state index in [1.807, 2.05) is 25.1 Å². The van der Waals surface area contributed by atoms with Crippen molar-refractivity contribution in [3.05, 3.63) is 48.2 Å². The molecule has 0 aliphatic rings. The fraction of sp³-hybridized carbons (Fsp3) is 0.333. The van der Waals surface area contributed by atoms with Crippen LogP contribution in [0.1, 0.15) is 18.9 Å². The summed E-state index contributed by atoms with van der Waals surface area (Å²) in [5, 5.41) is 14.5. The number of nitrogens with one attached hydrogen (secondary N) is 2. The summed E-state index contributed by atoms with van der Waals surface area (Å²) in [6.45, 7) is 2.15. The van der Waals surface area contributed by atoms with Gasteiger partial charge in [-0.1, -0.05) is 13.0 Å². The van der Waals surface area contributed by atoms with Crippen molar-refractivity contribution >= 4 is 6.03 Å². The van der Waals surface area contributed by atoms with Crippen LogP contribution in [0.4, 0.5) is 4.79 Å². The van der Waals surface area contributed by atoms with Crippen LogP contribution in [-0.4, -0.2) is 35.9 Å². The van der Waals surface area contributed by atoms with E-state index in [1.54, 1.807) is 31.5 Å². The van der Waals surface area contributed by atoms with E-state index in [1.165, 1.54) is 0 Å². The molecule has 0 bridgehead atoms. The third kappa shape index (κ3) is 5.96. The van der Waals surface area contributed by atoms with Gasteiger partial charge in [0.2, 0.25) is 5.88 Å². The summed E-state index contributed by atoms with van der Waals surface area (Å²) < 4.78 is 10.7. The largest absolute Gasteiger partial charge is 0.497 e. The molecule has 1 aromatic heterocycles. The predicted octanol–water partition coefficient (Wildman–Crippen LogP) is 2.45. The van der Waals surface area contributed by atoms with Gasteiger partial charge in [0.15, 0.2) is 0 Å². The van der Waals surface area contributed by atoms with Gasteiger partial charge in [0.05, 0.1) is 19.8 Å². The summed E-state index contributed by atoms with van der Waals surface area (Å²) in [4.78, 5) is 15.9. The molecule has 3 N–H and O–H groups in total. The number of urea groups is 1. The van der Waals surface area contributed by atoms with E-state index in [9.17, 15) is 4.79 Å². The van der Waals surface area contributed by atoms with E-state index in [-0.39, 0.29) is 18.7 Å². The molecule has 0 fully saturated rings. The molecule has 2 rings (SSSR count). The van der Waals surface area contributed by atoms with Gasteiger partial charge in [-0.05, 0) is 36.2 Å². The average molecular weight is 345 g/mol. The number of aliphatic hydroxyl groups is 1. The molecule has 1 aromatic carbocycles. The molecule has 0 saturated carbocycles. The minimum absolute atomic E-state index is 0.0805. The van der Waals surface area contributed by atoms with Crippen molar-refractivity contribution in [1.82, 2.24) is 15.6 Å². The third-order valence-electron chi connectivity index (χ3n) is 3.58. The number of rotatable bonds is 8. The number of hydrogen-bond acceptors (Lipinski definition) is 5. The zero-order valence-electron chi connectivity index (χ0n) is 14.4. The summed E-state index contributed by atoms with van der Waals surface area (Å²) in [7, 11) is 1.61. The van der Waals surface area contributed by atoms with E-state index in [0.29, 0.717) is 24.6 Å². The molecule has 0 aliphatic heterocycles. The molecule has 2 aromatic rings. The smallest absolute Gasteiger partial charge is 0.315 e. The zero-order valence-corrected chi connectivity index (χ0v) is 14.4. The highest BCUT2D eigenvalue weighted by atomic mass is 16.5. The normalized spacial score (nSPS) is 11.5. The first-order valence-corrected chi connectivity index (χ1v) is 8.06. The Morgan fingerprint density at radius 2 is 1.92 bits per heavy atom. The van der Waals surface area contributed by atoms with Crippen LogP contribution in [0.15, 0.2) is 42.6 Å². The number of amides is 2. The summed E-state index contributed by atoms with van der Waals surface area (Å²) >= 11 is 0. The maximum absolute atomic E-state index is 11.7. The fourth-order valence-electron chi connectivity index (χ4n) is 2.04. The summed E-state index contributed by atoms with van der Waals surface area (Å²) in [5.41, 5.74) is 0.842. The Kier molecular flexibility index (Phi) is 7.03. The molecule has 0 radical (unpaired) electrons. The fourth-order valence-corrected chi connectivity index (χ4v) is 2.04. The number of methoxy groups -OCH3 is 1. The van der Waals surface area contributed by atoms with Gasteiger partial charge in [0, 0.05) is 18.8 Å². The van der Waals surface area contributed by atoms with Crippen molar-refractivity contribution in [3.63, 3.8) is 0 Å². The lowest BCUT2D eigenvalue weighted by Crippen LogP contribution is -2.43. The molecule has 1 unspecified atom stereocenters. The number of benzene rings is 1. The second-order valence-corrected chi connectivity index (χ2v) is 5.40. The van der Waals surface area contributed by atoms with E-state index in [2.05, 4.69) is 15.6 Å². The number of aromatic nitrogens is 1. The van der Waals surface area contributed by atoms with Gasteiger partial charge < -0.3 is 25.2 Å². The third-order valence-corrected chi connectivity index (χ3v) is 3.58. The second kappa shape index (κ2) is 9.48. The quantitative estimate of drug-likeness (QED) is 0.683. The minimum atomic E-state index is -0.320. The van der Waals surface area contributed by atoms with Crippen molar-refractivity contribution in [3.8, 4) is 17.4 Å². The topological polar surface area (TPSA) is 92.7 Å². The molecule has 0 saturated heterocycles. The van der Waals surface area contributed by atoms with E-state index >= 15 is 0 Å². The predicted molar refractivity (Wildman–Crippen MR) is 93.8 cm³/mol. The average Bonchev–Trinajstić information content (AvgIpc) is 2.66. The number of carbonyl (C=O) groups excluding carboxylic acids is 1. The van der Waals surface area contributed by atoms with Crippen molar-refractivity contribution < 1.29 is 19.4 Å². The first kappa shape index (κ1) is 18.5. The monoisotopic (exact) mass is 345 g/mol. The van der Waals surface area contributed by atoms with Gasteiger partial charge in [-0.3, -0.25) is 0 Å². The first-order valence-electron chi connectivity index (χ1n) is 8.06. The van der Waals surface area contributed by atoms with Crippen LogP contribution < -0.4 is 20.1 Å². The molecule has 0 spiro atoms. The molecule has 134 valence electrons. The van der Waals surface area contributed by atoms with Crippen LogP contribution in [0.25, 0.3) is 0 Å². The van der Waals surface area contributed by atoms with Crippen molar-refractivity contribution in [2.75, 3.05) is 13.7 Å². The number of hydrogen-bond donors (Lipinski definition) is 3. The Hall–Kier alpha value is -2.80. The standard InChI is InChI=1S/C18H23N3O4/c1-3-14(12-22)21-18(23)20-11-13-4-9-17(19-10-13)25-16-7-5-15(24-2)6-8-16/h4-10,14,22H,3,11-12H2,1-2H3,(H2,20,21,23). The van der Waals surface area contributed by atoms with Gasteiger partial charge >= 0.3 is 6.03 Å². The molecular weight excluding hydrogens is 322 g/mol. The molecule has 1 heterocycles. The molecule has 7 nitrogen and oxygen atoms in total. The lowest BCUT2D eigenvalue weighted by atomic mass is 10.2. The number of carbonyl (C=O) groups is 1. The van der Waals surface area contributed by atoms with Crippen molar-refractivity contribution in [1.29, 1.82) is 0 Å². The van der Waals surface area contributed by atoms with E-state index in [4.69, 9.17) is 14.6 Å². The maximum atomic E-state index is 11.7. The summed E-state index contributed by atoms with van der Waals surface area (Å²) in [6.07, 6.45) is 2.31. The van der Waals surface area contributed by atoms with Gasteiger partial charge in [-0.25, -0.2) is 9.78 Å². The van der Waals surface area contributed by atoms with Gasteiger partial charge in [0.25, 0.3) is 0 Å². The number of aliphatic hydroxyl groups excluding tert-OH is 1. The zero-order chi connectivity index (χ0) is 18.1. The molecule has 0 aliphatic carbocycles. The lowest BCUT2D eigenvalue weighted by Gasteiger charge is -2.14. The highest BCUT2D eigenvalue weighted by Crippen LogP contribution is 2.22. The van der Waals surface area contributed by atoms with Crippen LogP contribution in [0.3, 0.4) is 0 Å². The van der Waals surface area contributed by atoms with Crippen LogP contribution in [-0.2, 0) is 6.54 Å². The molecule has 7 heteroatoms. The van der Waals surface area contributed by atoms with Crippen LogP contribution in [0.5, 0.6) is 17.4 Å². The van der Waals surface area contributed by atoms with Gasteiger partial charge in [-0.15, -0.1) is 0 Å².